The van der Waals surface area contributed by atoms with Gasteiger partial charge in [0.25, 0.3) is 5.91 Å². The minimum absolute atomic E-state index is 0.0131. The van der Waals surface area contributed by atoms with E-state index in [1.54, 1.807) is 12.1 Å². The predicted molar refractivity (Wildman–Crippen MR) is 128 cm³/mol. The fourth-order valence-corrected chi connectivity index (χ4v) is 5.61. The molecule has 4 rings (SSSR count). The van der Waals surface area contributed by atoms with E-state index in [2.05, 4.69) is 10.4 Å². The van der Waals surface area contributed by atoms with Crippen molar-refractivity contribution in [1.29, 1.82) is 0 Å². The van der Waals surface area contributed by atoms with Gasteiger partial charge >= 0.3 is 0 Å². The predicted octanol–water partition coefficient (Wildman–Crippen LogP) is 3.22. The molecule has 0 bridgehead atoms. The third-order valence-corrected chi connectivity index (χ3v) is 7.26. The molecular weight excluding hydrogens is 460 g/mol. The second-order valence-electron chi connectivity index (χ2n) is 7.79. The van der Waals surface area contributed by atoms with Crippen LogP contribution < -0.4 is 10.3 Å². The lowest BCUT2D eigenvalue weighted by atomic mass is 10.1. The minimum Gasteiger partial charge on any atom is -0.274 e. The summed E-state index contributed by atoms with van der Waals surface area (Å²) >= 11 is 2.72. The van der Waals surface area contributed by atoms with Crippen LogP contribution in [0.5, 0.6) is 0 Å². The van der Waals surface area contributed by atoms with Crippen LogP contribution in [0.25, 0.3) is 10.2 Å². The number of benzene rings is 2. The SMILES string of the molecule is CC(=O)N(NC(=O)CSc1nc2ccccc2s1)C1CC(=O)N(c2cc(C)cc(C)c2)C1=O. The van der Waals surface area contributed by atoms with E-state index < -0.39 is 29.7 Å². The van der Waals surface area contributed by atoms with E-state index in [1.165, 1.54) is 30.0 Å². The zero-order valence-corrected chi connectivity index (χ0v) is 20.0. The number of fused-ring (bicyclic) bond motifs is 1. The maximum atomic E-state index is 13.1. The molecule has 1 aliphatic rings. The Balaban J connectivity index is 1.45. The van der Waals surface area contributed by atoms with Gasteiger partial charge in [-0.1, -0.05) is 30.0 Å². The van der Waals surface area contributed by atoms with Crippen LogP contribution in [0.15, 0.2) is 46.8 Å². The number of thioether (sulfide) groups is 1. The summed E-state index contributed by atoms with van der Waals surface area (Å²) < 4.78 is 1.75. The number of carbonyl (C=O) groups excluding carboxylic acids is 4. The Labute approximate surface area is 198 Å². The number of carbonyl (C=O) groups is 4. The van der Waals surface area contributed by atoms with E-state index in [9.17, 15) is 19.2 Å². The molecule has 1 N–H and O–H groups in total. The molecular formula is C23H22N4O4S2. The second kappa shape index (κ2) is 9.32. The first kappa shape index (κ1) is 22.9. The Kier molecular flexibility index (Phi) is 6.48. The van der Waals surface area contributed by atoms with Crippen LogP contribution in [0, 0.1) is 13.8 Å². The molecule has 2 heterocycles. The maximum absolute atomic E-state index is 13.1. The summed E-state index contributed by atoms with van der Waals surface area (Å²) in [6.45, 7) is 5.01. The first-order valence-corrected chi connectivity index (χ1v) is 12.1. The number of anilines is 1. The van der Waals surface area contributed by atoms with Crippen molar-refractivity contribution in [2.45, 2.75) is 37.6 Å². The van der Waals surface area contributed by atoms with Crippen molar-refractivity contribution < 1.29 is 19.2 Å². The summed E-state index contributed by atoms with van der Waals surface area (Å²) in [6, 6.07) is 12.0. The van der Waals surface area contributed by atoms with E-state index in [4.69, 9.17) is 0 Å². The van der Waals surface area contributed by atoms with E-state index >= 15 is 0 Å². The Morgan fingerprint density at radius 3 is 2.55 bits per heavy atom. The Hall–Kier alpha value is -3.24. The molecule has 1 fully saturated rings. The van der Waals surface area contributed by atoms with Gasteiger partial charge in [-0.15, -0.1) is 11.3 Å². The average molecular weight is 483 g/mol. The van der Waals surface area contributed by atoms with Crippen LogP contribution >= 0.6 is 23.1 Å². The fraction of sp³-hybridized carbons (Fsp3) is 0.261. The largest absolute Gasteiger partial charge is 0.274 e. The first-order valence-electron chi connectivity index (χ1n) is 10.3. The number of aryl methyl sites for hydroxylation is 2. The normalized spacial score (nSPS) is 15.8. The number of rotatable bonds is 5. The number of nitrogens with zero attached hydrogens (tertiary/aromatic N) is 3. The number of hydrogen-bond donors (Lipinski definition) is 1. The van der Waals surface area contributed by atoms with Gasteiger partial charge in [0, 0.05) is 6.92 Å². The van der Waals surface area contributed by atoms with Crippen molar-refractivity contribution in [3.8, 4) is 0 Å². The number of imide groups is 1. The highest BCUT2D eigenvalue weighted by Gasteiger charge is 2.44. The smallest absolute Gasteiger partial charge is 0.259 e. The highest BCUT2D eigenvalue weighted by atomic mass is 32.2. The zero-order valence-electron chi connectivity index (χ0n) is 18.3. The Morgan fingerprint density at radius 1 is 1.18 bits per heavy atom. The number of hydrazine groups is 1. The van der Waals surface area contributed by atoms with Crippen LogP contribution in [0.4, 0.5) is 5.69 Å². The number of amides is 4. The summed E-state index contributed by atoms with van der Waals surface area (Å²) in [7, 11) is 0. The number of hydrogen-bond acceptors (Lipinski definition) is 7. The minimum atomic E-state index is -1.09. The second-order valence-corrected chi connectivity index (χ2v) is 10.0. The van der Waals surface area contributed by atoms with Gasteiger partial charge < -0.3 is 0 Å². The highest BCUT2D eigenvalue weighted by molar-refractivity contribution is 8.01. The zero-order chi connectivity index (χ0) is 23.7. The maximum Gasteiger partial charge on any atom is 0.259 e. The van der Waals surface area contributed by atoms with Crippen molar-refractivity contribution in [2.24, 2.45) is 0 Å². The Morgan fingerprint density at radius 2 is 1.88 bits per heavy atom. The summed E-state index contributed by atoms with van der Waals surface area (Å²) in [5.41, 5.74) is 5.66. The molecule has 1 saturated heterocycles. The third kappa shape index (κ3) is 4.91. The molecule has 1 unspecified atom stereocenters. The van der Waals surface area contributed by atoms with E-state index in [0.717, 1.165) is 35.6 Å². The number of aromatic nitrogens is 1. The summed E-state index contributed by atoms with van der Waals surface area (Å²) in [5, 5.41) is 0.962. The average Bonchev–Trinajstić information content (AvgIpc) is 3.29. The van der Waals surface area contributed by atoms with E-state index in [1.807, 2.05) is 44.2 Å². The molecule has 3 aromatic rings. The van der Waals surface area contributed by atoms with Gasteiger partial charge in [0.1, 0.15) is 6.04 Å². The van der Waals surface area contributed by atoms with Gasteiger partial charge in [-0.05, 0) is 49.2 Å². The van der Waals surface area contributed by atoms with E-state index in [0.29, 0.717) is 5.69 Å². The topological polar surface area (TPSA) is 99.7 Å². The molecule has 33 heavy (non-hydrogen) atoms. The van der Waals surface area contributed by atoms with Crippen molar-refractivity contribution >= 4 is 62.6 Å². The highest BCUT2D eigenvalue weighted by Crippen LogP contribution is 2.30. The molecule has 1 aliphatic heterocycles. The van der Waals surface area contributed by atoms with Crippen LogP contribution in [-0.4, -0.2) is 45.4 Å². The third-order valence-electron chi connectivity index (χ3n) is 5.08. The molecule has 0 saturated carbocycles. The molecule has 0 spiro atoms. The molecule has 2 aromatic carbocycles. The lowest BCUT2D eigenvalue weighted by molar-refractivity contribution is -0.145. The first-order chi connectivity index (χ1) is 15.7. The van der Waals surface area contributed by atoms with E-state index in [-0.39, 0.29) is 12.2 Å². The standard InChI is InChI=1S/C23H22N4O4S2/c1-13-8-14(2)10-16(9-13)26-21(30)11-18(22(26)31)27(15(3)28)25-20(29)12-32-23-24-17-6-4-5-7-19(17)33-23/h4-10,18H,11-12H2,1-3H3,(H,25,29). The van der Waals surface area contributed by atoms with Gasteiger partial charge in [0.05, 0.1) is 28.1 Å². The van der Waals surface area contributed by atoms with Crippen molar-refractivity contribution in [3.63, 3.8) is 0 Å². The molecule has 0 radical (unpaired) electrons. The lowest BCUT2D eigenvalue weighted by Gasteiger charge is -2.26. The van der Waals surface area contributed by atoms with Crippen LogP contribution in [-0.2, 0) is 19.2 Å². The number of para-hydroxylation sites is 1. The molecule has 1 atom stereocenters. The van der Waals surface area contributed by atoms with Gasteiger partial charge in [-0.25, -0.2) is 14.9 Å². The van der Waals surface area contributed by atoms with Crippen LogP contribution in [0.3, 0.4) is 0 Å². The molecule has 1 aromatic heterocycles. The molecule has 4 amide bonds. The van der Waals surface area contributed by atoms with Crippen LogP contribution in [0.1, 0.15) is 24.5 Å². The van der Waals surface area contributed by atoms with Crippen LogP contribution in [0.2, 0.25) is 0 Å². The molecule has 0 aliphatic carbocycles. The molecule has 170 valence electrons. The lowest BCUT2D eigenvalue weighted by Crippen LogP contribution is -2.54. The van der Waals surface area contributed by atoms with Gasteiger partial charge in [0.2, 0.25) is 17.7 Å². The quantitative estimate of drug-likeness (QED) is 0.341. The number of nitrogens with one attached hydrogen (secondary N) is 1. The van der Waals surface area contributed by atoms with Crippen molar-refractivity contribution in [1.82, 2.24) is 15.4 Å². The summed E-state index contributed by atoms with van der Waals surface area (Å²) in [4.78, 5) is 56.2. The fourth-order valence-electron chi connectivity index (χ4n) is 3.75. The van der Waals surface area contributed by atoms with Gasteiger partial charge in [0.15, 0.2) is 4.34 Å². The van der Waals surface area contributed by atoms with Crippen molar-refractivity contribution in [2.75, 3.05) is 10.7 Å². The van der Waals surface area contributed by atoms with Gasteiger partial charge in [-0.3, -0.25) is 24.6 Å². The monoisotopic (exact) mass is 482 g/mol. The summed E-state index contributed by atoms with van der Waals surface area (Å²) in [5.74, 6) is -1.93. The van der Waals surface area contributed by atoms with Crippen molar-refractivity contribution in [3.05, 3.63) is 53.6 Å². The van der Waals surface area contributed by atoms with Gasteiger partial charge in [-0.2, -0.15) is 0 Å². The number of thiazole rings is 1. The molecule has 10 heteroatoms. The Bertz CT molecular complexity index is 1220. The molecule has 8 nitrogen and oxygen atoms in total. The summed E-state index contributed by atoms with van der Waals surface area (Å²) in [6.07, 6.45) is -0.198.